The second kappa shape index (κ2) is 3.10. The molecule has 5 heteroatoms. The Hall–Kier alpha value is -0.190. The number of hydrogen-bond donors (Lipinski definition) is 1. The van der Waals surface area contributed by atoms with Gasteiger partial charge < -0.3 is 4.79 Å². The Morgan fingerprint density at radius 3 is 2.11 bits per heavy atom. The number of hydrogen-bond acceptors (Lipinski definition) is 2. The van der Waals surface area contributed by atoms with Crippen LogP contribution in [0.1, 0.15) is 6.42 Å². The molecule has 0 saturated carbocycles. The van der Waals surface area contributed by atoms with Gasteiger partial charge >= 0.3 is 6.18 Å². The van der Waals surface area contributed by atoms with Gasteiger partial charge in [0.25, 0.3) is 0 Å². The molecule has 0 aromatic rings. The van der Waals surface area contributed by atoms with Crippen molar-refractivity contribution in [2.24, 2.45) is 0 Å². The molecule has 0 aliphatic carbocycles. The quantitative estimate of drug-likeness (QED) is 0.475. The molecule has 0 spiro atoms. The van der Waals surface area contributed by atoms with E-state index in [2.05, 4.69) is 12.6 Å². The topological polar surface area (TPSA) is 17.1 Å². The minimum absolute atomic E-state index is 0.163. The standard InChI is InChI=1S/C4H5F3OS/c5-4(6,7)1-3(9)2-8/h2-3,9H,1H2. The number of alkyl halides is 3. The van der Waals surface area contributed by atoms with E-state index in [9.17, 15) is 18.0 Å². The van der Waals surface area contributed by atoms with E-state index in [1.807, 2.05) is 0 Å². The van der Waals surface area contributed by atoms with Crippen LogP contribution in [-0.4, -0.2) is 17.7 Å². The Morgan fingerprint density at radius 1 is 1.56 bits per heavy atom. The van der Waals surface area contributed by atoms with Gasteiger partial charge in [0.15, 0.2) is 0 Å². The predicted octanol–water partition coefficient (Wildman–Crippen LogP) is 1.44. The highest BCUT2D eigenvalue weighted by molar-refractivity contribution is 7.81. The highest BCUT2D eigenvalue weighted by Gasteiger charge is 2.29. The zero-order chi connectivity index (χ0) is 7.49. The summed E-state index contributed by atoms with van der Waals surface area (Å²) < 4.78 is 33.9. The van der Waals surface area contributed by atoms with E-state index in [-0.39, 0.29) is 6.29 Å². The van der Waals surface area contributed by atoms with Gasteiger partial charge in [-0.15, -0.1) is 0 Å². The van der Waals surface area contributed by atoms with Crippen LogP contribution < -0.4 is 0 Å². The molecule has 0 bridgehead atoms. The molecule has 0 saturated heterocycles. The highest BCUT2D eigenvalue weighted by atomic mass is 32.1. The lowest BCUT2D eigenvalue weighted by molar-refractivity contribution is -0.137. The van der Waals surface area contributed by atoms with Gasteiger partial charge in [0, 0.05) is 0 Å². The molecule has 9 heavy (non-hydrogen) atoms. The minimum Gasteiger partial charge on any atom is -0.302 e. The Bertz CT molecular complexity index is 100. The average Bonchev–Trinajstić information content (AvgIpc) is 1.62. The number of carbonyl (C=O) groups is 1. The van der Waals surface area contributed by atoms with Crippen LogP contribution in [-0.2, 0) is 4.79 Å². The van der Waals surface area contributed by atoms with Crippen molar-refractivity contribution in [3.63, 3.8) is 0 Å². The first-order valence-electron chi connectivity index (χ1n) is 2.16. The van der Waals surface area contributed by atoms with Crippen LogP contribution in [0.4, 0.5) is 13.2 Å². The molecule has 0 radical (unpaired) electrons. The van der Waals surface area contributed by atoms with Crippen molar-refractivity contribution < 1.29 is 18.0 Å². The molecule has 0 amide bonds. The second-order valence-electron chi connectivity index (χ2n) is 1.52. The summed E-state index contributed by atoms with van der Waals surface area (Å²) in [5.41, 5.74) is 0. The van der Waals surface area contributed by atoms with Crippen LogP contribution in [0, 0.1) is 0 Å². The van der Waals surface area contributed by atoms with Crippen LogP contribution in [0.2, 0.25) is 0 Å². The first kappa shape index (κ1) is 8.81. The van der Waals surface area contributed by atoms with Crippen LogP contribution in [0.15, 0.2) is 0 Å². The molecule has 54 valence electrons. The Labute approximate surface area is 55.6 Å². The molecule has 0 fully saturated rings. The highest BCUT2D eigenvalue weighted by Crippen LogP contribution is 2.22. The van der Waals surface area contributed by atoms with Crippen LogP contribution >= 0.6 is 12.6 Å². The lowest BCUT2D eigenvalue weighted by Gasteiger charge is -2.05. The molecule has 1 atom stereocenters. The normalized spacial score (nSPS) is 15.1. The molecule has 1 unspecified atom stereocenters. The SMILES string of the molecule is O=CC(S)CC(F)(F)F. The molecule has 0 aliphatic heterocycles. The van der Waals surface area contributed by atoms with Crippen molar-refractivity contribution in [2.75, 3.05) is 0 Å². The molecule has 1 nitrogen and oxygen atoms in total. The maximum atomic E-state index is 11.3. The number of rotatable bonds is 2. The third kappa shape index (κ3) is 5.68. The van der Waals surface area contributed by atoms with Gasteiger partial charge in [-0.3, -0.25) is 0 Å². The van der Waals surface area contributed by atoms with Gasteiger partial charge in [0.2, 0.25) is 0 Å². The Kier molecular flexibility index (Phi) is 3.03. The summed E-state index contributed by atoms with van der Waals surface area (Å²) in [7, 11) is 0. The van der Waals surface area contributed by atoms with E-state index < -0.39 is 17.8 Å². The molecular weight excluding hydrogens is 153 g/mol. The summed E-state index contributed by atoms with van der Waals surface area (Å²) in [5.74, 6) is 0. The largest absolute Gasteiger partial charge is 0.390 e. The first-order chi connectivity index (χ1) is 3.95. The fraction of sp³-hybridized carbons (Fsp3) is 0.750. The first-order valence-corrected chi connectivity index (χ1v) is 2.67. The molecule has 0 aromatic heterocycles. The fourth-order valence-electron chi connectivity index (χ4n) is 0.285. The summed E-state index contributed by atoms with van der Waals surface area (Å²) in [6.07, 6.45) is -5.27. The van der Waals surface area contributed by atoms with Crippen molar-refractivity contribution in [1.82, 2.24) is 0 Å². The third-order valence-electron chi connectivity index (χ3n) is 0.598. The Morgan fingerprint density at radius 2 is 2.00 bits per heavy atom. The zero-order valence-corrected chi connectivity index (χ0v) is 5.25. The lowest BCUT2D eigenvalue weighted by atomic mass is 10.3. The van der Waals surface area contributed by atoms with E-state index in [0.717, 1.165) is 0 Å². The van der Waals surface area contributed by atoms with Crippen LogP contribution in [0.25, 0.3) is 0 Å². The van der Waals surface area contributed by atoms with Gasteiger partial charge in [-0.1, -0.05) is 0 Å². The van der Waals surface area contributed by atoms with Gasteiger partial charge in [-0.05, 0) is 0 Å². The van der Waals surface area contributed by atoms with Gasteiger partial charge in [0.05, 0.1) is 11.7 Å². The summed E-state index contributed by atoms with van der Waals surface area (Å²) >= 11 is 3.34. The number of thiol groups is 1. The molecule has 0 aromatic carbocycles. The van der Waals surface area contributed by atoms with Crippen molar-refractivity contribution in [2.45, 2.75) is 17.8 Å². The molecular formula is C4H5F3OS. The lowest BCUT2D eigenvalue weighted by Crippen LogP contribution is -2.15. The van der Waals surface area contributed by atoms with E-state index in [0.29, 0.717) is 0 Å². The molecule has 0 aliphatic rings. The Balaban J connectivity index is 3.59. The molecule has 0 N–H and O–H groups in total. The van der Waals surface area contributed by atoms with Crippen LogP contribution in [0.5, 0.6) is 0 Å². The van der Waals surface area contributed by atoms with Gasteiger partial charge in [-0.25, -0.2) is 0 Å². The fourth-order valence-corrected chi connectivity index (χ4v) is 0.492. The molecule has 0 heterocycles. The van der Waals surface area contributed by atoms with E-state index in [1.54, 1.807) is 0 Å². The van der Waals surface area contributed by atoms with Crippen LogP contribution in [0.3, 0.4) is 0 Å². The van der Waals surface area contributed by atoms with Crippen molar-refractivity contribution >= 4 is 18.9 Å². The second-order valence-corrected chi connectivity index (χ2v) is 2.19. The summed E-state index contributed by atoms with van der Waals surface area (Å²) in [4.78, 5) is 9.61. The van der Waals surface area contributed by atoms with E-state index >= 15 is 0 Å². The monoisotopic (exact) mass is 158 g/mol. The maximum Gasteiger partial charge on any atom is 0.390 e. The number of halogens is 3. The summed E-state index contributed by atoms with van der Waals surface area (Å²) in [5, 5.41) is -1.22. The van der Waals surface area contributed by atoms with E-state index in [1.165, 1.54) is 0 Å². The zero-order valence-electron chi connectivity index (χ0n) is 4.35. The smallest absolute Gasteiger partial charge is 0.302 e. The number of aldehydes is 1. The van der Waals surface area contributed by atoms with Crippen molar-refractivity contribution in [3.05, 3.63) is 0 Å². The van der Waals surface area contributed by atoms with Gasteiger partial charge in [0.1, 0.15) is 6.29 Å². The number of carbonyl (C=O) groups excluding carboxylic acids is 1. The van der Waals surface area contributed by atoms with Crippen molar-refractivity contribution in [1.29, 1.82) is 0 Å². The van der Waals surface area contributed by atoms with Gasteiger partial charge in [-0.2, -0.15) is 25.8 Å². The predicted molar refractivity (Wildman–Crippen MR) is 29.5 cm³/mol. The summed E-state index contributed by atoms with van der Waals surface area (Å²) in [6, 6.07) is 0. The van der Waals surface area contributed by atoms with E-state index in [4.69, 9.17) is 0 Å². The maximum absolute atomic E-state index is 11.3. The van der Waals surface area contributed by atoms with Crippen molar-refractivity contribution in [3.8, 4) is 0 Å². The molecule has 0 rings (SSSR count). The summed E-state index contributed by atoms with van der Waals surface area (Å²) in [6.45, 7) is 0. The average molecular weight is 158 g/mol. The third-order valence-corrected chi connectivity index (χ3v) is 0.902. The minimum atomic E-state index is -4.28.